The van der Waals surface area contributed by atoms with Crippen LogP contribution in [0.5, 0.6) is 0 Å². The second-order valence-electron chi connectivity index (χ2n) is 6.46. The number of rotatable bonds is 6. The lowest BCUT2D eigenvalue weighted by atomic mass is 10.2. The molecule has 2 aromatic rings. The fraction of sp³-hybridized carbons (Fsp3) is 0.200. The van der Waals surface area contributed by atoms with Crippen LogP contribution >= 0.6 is 46.4 Å². The molecule has 1 unspecified atom stereocenters. The van der Waals surface area contributed by atoms with Gasteiger partial charge < -0.3 is 5.32 Å². The van der Waals surface area contributed by atoms with Crippen molar-refractivity contribution in [3.63, 3.8) is 0 Å². The van der Waals surface area contributed by atoms with Gasteiger partial charge in [-0.3, -0.25) is 24.7 Å². The summed E-state index contributed by atoms with van der Waals surface area (Å²) >= 11 is 13.4. The van der Waals surface area contributed by atoms with E-state index in [1.165, 1.54) is 9.91 Å². The number of hydrogen-bond donors (Lipinski definition) is 2. The monoisotopic (exact) mass is 556 g/mol. The van der Waals surface area contributed by atoms with Crippen molar-refractivity contribution in [1.29, 1.82) is 0 Å². The molecule has 1 heterocycles. The lowest BCUT2D eigenvalue weighted by Crippen LogP contribution is -2.49. The Kier molecular flexibility index (Phi) is 7.27. The molecule has 1 atom stereocenters. The van der Waals surface area contributed by atoms with Gasteiger partial charge in [0.1, 0.15) is 6.04 Å². The number of thiocarbonyl (C=S) groups is 1. The van der Waals surface area contributed by atoms with Gasteiger partial charge in [0.15, 0.2) is 5.11 Å². The van der Waals surface area contributed by atoms with Crippen molar-refractivity contribution in [2.75, 3.05) is 11.9 Å². The third kappa shape index (κ3) is 5.08. The highest BCUT2D eigenvalue weighted by Gasteiger charge is 2.43. The van der Waals surface area contributed by atoms with Gasteiger partial charge in [-0.15, -0.1) is 0 Å². The highest BCUT2D eigenvalue weighted by Crippen LogP contribution is 2.20. The summed E-state index contributed by atoms with van der Waals surface area (Å²) in [6.07, 6.45) is -0.164. The molecule has 0 spiro atoms. The van der Waals surface area contributed by atoms with Crippen LogP contribution in [-0.4, -0.2) is 45.3 Å². The lowest BCUT2D eigenvalue weighted by molar-refractivity contribution is -0.130. The summed E-state index contributed by atoms with van der Waals surface area (Å²) in [6.45, 7) is 2.11. The van der Waals surface area contributed by atoms with Gasteiger partial charge in [0.2, 0.25) is 5.91 Å². The van der Waals surface area contributed by atoms with E-state index >= 15 is 0 Å². The fourth-order valence-corrected chi connectivity index (χ4v) is 3.82. The van der Waals surface area contributed by atoms with E-state index in [9.17, 15) is 14.4 Å². The van der Waals surface area contributed by atoms with E-state index in [1.807, 2.05) is 12.1 Å². The third-order valence-electron chi connectivity index (χ3n) is 4.45. The number of anilines is 1. The molecule has 7 nitrogen and oxygen atoms in total. The minimum atomic E-state index is -0.933. The molecule has 1 aliphatic rings. The van der Waals surface area contributed by atoms with Gasteiger partial charge in [-0.1, -0.05) is 11.6 Å². The number of carbonyl (C=O) groups excluding carboxylic acids is 3. The maximum atomic E-state index is 12.8. The van der Waals surface area contributed by atoms with E-state index in [-0.39, 0.29) is 23.3 Å². The van der Waals surface area contributed by atoms with Crippen molar-refractivity contribution >= 4 is 74.9 Å². The van der Waals surface area contributed by atoms with Crippen LogP contribution in [0.4, 0.5) is 5.69 Å². The number of likely N-dealkylation sites (N-methyl/N-ethyl adjacent to an activating group) is 1. The van der Waals surface area contributed by atoms with Gasteiger partial charge in [0.25, 0.3) is 11.8 Å². The number of nitrogens with one attached hydrogen (secondary N) is 2. The van der Waals surface area contributed by atoms with Gasteiger partial charge in [-0.25, -0.2) is 5.01 Å². The Morgan fingerprint density at radius 1 is 1.13 bits per heavy atom. The number of hydrazine groups is 1. The van der Waals surface area contributed by atoms with Crippen molar-refractivity contribution in [3.05, 3.63) is 62.7 Å². The molecule has 1 aliphatic heterocycles. The third-order valence-corrected chi connectivity index (χ3v) is 5.84. The lowest BCUT2D eigenvalue weighted by Gasteiger charge is -2.24. The van der Waals surface area contributed by atoms with Crippen molar-refractivity contribution in [1.82, 2.24) is 15.3 Å². The standard InChI is InChI=1S/C20H18ClIN4O3S/c1-2-25-19(29)16(11-17(27)23-15-9-7-14(22)8-10-15)26(20(25)30)24-18(28)12-3-5-13(21)6-4-12/h3-10,16H,2,11H2,1H3,(H,23,27)(H,24,28). The van der Waals surface area contributed by atoms with E-state index in [2.05, 4.69) is 33.3 Å². The summed E-state index contributed by atoms with van der Waals surface area (Å²) in [6, 6.07) is 12.7. The minimum absolute atomic E-state index is 0.150. The smallest absolute Gasteiger partial charge is 0.269 e. The number of hydrogen-bond acceptors (Lipinski definition) is 4. The molecule has 0 aromatic heterocycles. The number of nitrogens with zero attached hydrogens (tertiary/aromatic N) is 2. The summed E-state index contributed by atoms with van der Waals surface area (Å²) in [7, 11) is 0. The van der Waals surface area contributed by atoms with Crippen LogP contribution in [0.1, 0.15) is 23.7 Å². The van der Waals surface area contributed by atoms with Gasteiger partial charge in [-0.05, 0) is 90.3 Å². The Morgan fingerprint density at radius 3 is 2.37 bits per heavy atom. The summed E-state index contributed by atoms with van der Waals surface area (Å²) in [5, 5.41) is 4.70. The van der Waals surface area contributed by atoms with Crippen LogP contribution in [0.15, 0.2) is 48.5 Å². The Balaban J connectivity index is 1.75. The van der Waals surface area contributed by atoms with E-state index in [4.69, 9.17) is 23.8 Å². The molecule has 2 aromatic carbocycles. The number of carbonyl (C=O) groups is 3. The number of benzene rings is 2. The molecule has 0 bridgehead atoms. The molecule has 0 radical (unpaired) electrons. The van der Waals surface area contributed by atoms with Crippen LogP contribution in [-0.2, 0) is 9.59 Å². The molecule has 0 saturated carbocycles. The molecule has 156 valence electrons. The van der Waals surface area contributed by atoms with Gasteiger partial charge in [0, 0.05) is 26.4 Å². The Bertz CT molecular complexity index is 985. The SMILES string of the molecule is CCN1C(=O)C(CC(=O)Nc2ccc(I)cc2)N(NC(=O)c2ccc(Cl)cc2)C1=S. The average Bonchev–Trinajstić information content (AvgIpc) is 2.93. The van der Waals surface area contributed by atoms with Crippen LogP contribution in [0.25, 0.3) is 0 Å². The second-order valence-corrected chi connectivity index (χ2v) is 8.51. The van der Waals surface area contributed by atoms with Crippen molar-refractivity contribution in [2.24, 2.45) is 0 Å². The summed E-state index contributed by atoms with van der Waals surface area (Å²) in [5.74, 6) is -1.15. The van der Waals surface area contributed by atoms with E-state index in [0.29, 0.717) is 22.8 Å². The van der Waals surface area contributed by atoms with E-state index in [1.54, 1.807) is 43.3 Å². The van der Waals surface area contributed by atoms with Crippen molar-refractivity contribution in [3.8, 4) is 0 Å². The number of halogens is 2. The predicted octanol–water partition coefficient (Wildman–Crippen LogP) is 3.44. The molecular formula is C20H18ClIN4O3S. The van der Waals surface area contributed by atoms with Crippen molar-refractivity contribution < 1.29 is 14.4 Å². The first-order valence-corrected chi connectivity index (χ1v) is 10.9. The van der Waals surface area contributed by atoms with Crippen LogP contribution in [0, 0.1) is 3.57 Å². The Morgan fingerprint density at radius 2 is 1.77 bits per heavy atom. The second kappa shape index (κ2) is 9.71. The zero-order valence-corrected chi connectivity index (χ0v) is 19.6. The molecule has 2 N–H and O–H groups in total. The normalized spacial score (nSPS) is 16.0. The highest BCUT2D eigenvalue weighted by atomic mass is 127. The molecule has 10 heteroatoms. The molecule has 1 fully saturated rings. The molecule has 1 saturated heterocycles. The molecule has 0 aliphatic carbocycles. The molecular weight excluding hydrogens is 539 g/mol. The minimum Gasteiger partial charge on any atom is -0.326 e. The zero-order chi connectivity index (χ0) is 21.8. The predicted molar refractivity (Wildman–Crippen MR) is 127 cm³/mol. The van der Waals surface area contributed by atoms with Gasteiger partial charge >= 0.3 is 0 Å². The first-order valence-electron chi connectivity index (χ1n) is 9.06. The quantitative estimate of drug-likeness (QED) is 0.421. The maximum absolute atomic E-state index is 12.8. The van der Waals surface area contributed by atoms with Crippen LogP contribution < -0.4 is 10.7 Å². The highest BCUT2D eigenvalue weighted by molar-refractivity contribution is 14.1. The number of amides is 3. The first-order chi connectivity index (χ1) is 14.3. The Labute approximate surface area is 197 Å². The topological polar surface area (TPSA) is 81.8 Å². The van der Waals surface area contributed by atoms with E-state index < -0.39 is 11.9 Å². The maximum Gasteiger partial charge on any atom is 0.269 e. The fourth-order valence-electron chi connectivity index (χ4n) is 2.94. The van der Waals surface area contributed by atoms with Crippen LogP contribution in [0.3, 0.4) is 0 Å². The molecule has 30 heavy (non-hydrogen) atoms. The molecule has 3 amide bonds. The van der Waals surface area contributed by atoms with Gasteiger partial charge in [0.05, 0.1) is 6.42 Å². The zero-order valence-electron chi connectivity index (χ0n) is 15.9. The largest absolute Gasteiger partial charge is 0.326 e. The molecule has 3 rings (SSSR count). The average molecular weight is 557 g/mol. The first kappa shape index (κ1) is 22.4. The Hall–Kier alpha value is -2.24. The summed E-state index contributed by atoms with van der Waals surface area (Å²) < 4.78 is 1.04. The summed E-state index contributed by atoms with van der Waals surface area (Å²) in [5.41, 5.74) is 3.63. The summed E-state index contributed by atoms with van der Waals surface area (Å²) in [4.78, 5) is 39.3. The van der Waals surface area contributed by atoms with Gasteiger partial charge in [-0.2, -0.15) is 0 Å². The van der Waals surface area contributed by atoms with Crippen molar-refractivity contribution in [2.45, 2.75) is 19.4 Å². The van der Waals surface area contributed by atoms with Crippen LogP contribution in [0.2, 0.25) is 5.02 Å². The van der Waals surface area contributed by atoms with E-state index in [0.717, 1.165) is 3.57 Å².